The van der Waals surface area contributed by atoms with Crippen molar-refractivity contribution < 1.29 is 22.4 Å². The Morgan fingerprint density at radius 1 is 1.56 bits per heavy atom. The molecule has 90 valence electrons. The fourth-order valence-electron chi connectivity index (χ4n) is 0.882. The molecule has 1 amide bonds. The SMILES string of the molecule is O=C(NCCSC(F)(F)F)c1ccoc1Br. The van der Waals surface area contributed by atoms with E-state index in [0.29, 0.717) is 0 Å². The molecule has 0 aliphatic carbocycles. The van der Waals surface area contributed by atoms with Crippen molar-refractivity contribution in [3.63, 3.8) is 0 Å². The Bertz CT molecular complexity index is 366. The van der Waals surface area contributed by atoms with Crippen molar-refractivity contribution in [2.24, 2.45) is 0 Å². The monoisotopic (exact) mass is 317 g/mol. The number of rotatable bonds is 4. The van der Waals surface area contributed by atoms with Crippen LogP contribution in [0.1, 0.15) is 10.4 Å². The fraction of sp³-hybridized carbons (Fsp3) is 0.375. The molecule has 0 bridgehead atoms. The lowest BCUT2D eigenvalue weighted by atomic mass is 10.3. The summed E-state index contributed by atoms with van der Waals surface area (Å²) in [7, 11) is 0. The maximum absolute atomic E-state index is 11.7. The molecule has 0 aliphatic rings. The zero-order valence-corrected chi connectivity index (χ0v) is 10.2. The molecular formula is C8H7BrF3NO2S. The summed E-state index contributed by atoms with van der Waals surface area (Å²) in [4.78, 5) is 11.4. The fourth-order valence-corrected chi connectivity index (χ4v) is 1.74. The number of hydrogen-bond donors (Lipinski definition) is 1. The second-order valence-electron chi connectivity index (χ2n) is 2.66. The van der Waals surface area contributed by atoms with Crippen LogP contribution in [0, 0.1) is 0 Å². The molecule has 0 fully saturated rings. The van der Waals surface area contributed by atoms with Gasteiger partial charge in [-0.1, -0.05) is 0 Å². The van der Waals surface area contributed by atoms with Crippen LogP contribution in [0.5, 0.6) is 0 Å². The lowest BCUT2D eigenvalue weighted by Crippen LogP contribution is -2.26. The summed E-state index contributed by atoms with van der Waals surface area (Å²) in [6.45, 7) is -0.0549. The Kier molecular flexibility index (Phi) is 4.72. The van der Waals surface area contributed by atoms with E-state index < -0.39 is 11.4 Å². The van der Waals surface area contributed by atoms with E-state index in [2.05, 4.69) is 21.2 Å². The molecule has 1 aromatic rings. The molecule has 0 radical (unpaired) electrons. The predicted octanol–water partition coefficient (Wildman–Crippen LogP) is 3.02. The molecule has 1 aromatic heterocycles. The van der Waals surface area contributed by atoms with Gasteiger partial charge in [0.25, 0.3) is 5.91 Å². The molecule has 16 heavy (non-hydrogen) atoms. The van der Waals surface area contributed by atoms with E-state index >= 15 is 0 Å². The molecule has 0 spiro atoms. The minimum atomic E-state index is -4.26. The summed E-state index contributed by atoms with van der Waals surface area (Å²) < 4.78 is 40.3. The van der Waals surface area contributed by atoms with Gasteiger partial charge < -0.3 is 9.73 Å². The Morgan fingerprint density at radius 2 is 2.25 bits per heavy atom. The number of furan rings is 1. The highest BCUT2D eigenvalue weighted by Crippen LogP contribution is 2.29. The first-order valence-corrected chi connectivity index (χ1v) is 5.90. The smallest absolute Gasteiger partial charge is 0.441 e. The molecule has 0 saturated heterocycles. The summed E-state index contributed by atoms with van der Waals surface area (Å²) in [5.74, 6) is -0.687. The molecule has 0 aromatic carbocycles. The zero-order chi connectivity index (χ0) is 12.2. The van der Waals surface area contributed by atoms with E-state index in [-0.39, 0.29) is 34.3 Å². The summed E-state index contributed by atoms with van der Waals surface area (Å²) in [6, 6.07) is 1.43. The summed E-state index contributed by atoms with van der Waals surface area (Å²) >= 11 is 2.82. The molecule has 1 rings (SSSR count). The number of alkyl halides is 3. The van der Waals surface area contributed by atoms with Crippen molar-refractivity contribution in [3.05, 3.63) is 22.6 Å². The highest BCUT2D eigenvalue weighted by molar-refractivity contribution is 9.10. The molecule has 3 nitrogen and oxygen atoms in total. The van der Waals surface area contributed by atoms with E-state index in [1.807, 2.05) is 0 Å². The molecule has 0 atom stereocenters. The highest BCUT2D eigenvalue weighted by atomic mass is 79.9. The average Bonchev–Trinajstić information content (AvgIpc) is 2.57. The van der Waals surface area contributed by atoms with E-state index in [0.717, 1.165) is 0 Å². The van der Waals surface area contributed by atoms with Gasteiger partial charge in [0.15, 0.2) is 4.67 Å². The largest absolute Gasteiger partial charge is 0.457 e. The van der Waals surface area contributed by atoms with Crippen molar-refractivity contribution in [2.75, 3.05) is 12.3 Å². The van der Waals surface area contributed by atoms with Gasteiger partial charge in [0.05, 0.1) is 11.8 Å². The number of hydrogen-bond acceptors (Lipinski definition) is 3. The second-order valence-corrected chi connectivity index (χ2v) is 4.54. The van der Waals surface area contributed by atoms with Crippen molar-refractivity contribution in [2.45, 2.75) is 5.51 Å². The predicted molar refractivity (Wildman–Crippen MR) is 57.3 cm³/mol. The van der Waals surface area contributed by atoms with Crippen molar-refractivity contribution in [1.82, 2.24) is 5.32 Å². The van der Waals surface area contributed by atoms with Gasteiger partial charge >= 0.3 is 5.51 Å². The van der Waals surface area contributed by atoms with Crippen LogP contribution in [-0.2, 0) is 0 Å². The van der Waals surface area contributed by atoms with Crippen LogP contribution in [0.3, 0.4) is 0 Å². The van der Waals surface area contributed by atoms with Crippen LogP contribution >= 0.6 is 27.7 Å². The molecule has 0 unspecified atom stereocenters. The number of carbonyl (C=O) groups excluding carboxylic acids is 1. The maximum atomic E-state index is 11.7. The van der Waals surface area contributed by atoms with Crippen LogP contribution in [0.4, 0.5) is 13.2 Å². The average molecular weight is 318 g/mol. The highest BCUT2D eigenvalue weighted by Gasteiger charge is 2.27. The minimum Gasteiger partial charge on any atom is -0.457 e. The van der Waals surface area contributed by atoms with E-state index in [1.165, 1.54) is 12.3 Å². The zero-order valence-electron chi connectivity index (χ0n) is 7.81. The topological polar surface area (TPSA) is 42.2 Å². The first kappa shape index (κ1) is 13.4. The Labute approximate surface area is 102 Å². The summed E-state index contributed by atoms with van der Waals surface area (Å²) in [6.07, 6.45) is 1.31. The lowest BCUT2D eigenvalue weighted by molar-refractivity contribution is -0.0327. The van der Waals surface area contributed by atoms with Gasteiger partial charge in [-0.2, -0.15) is 13.2 Å². The van der Waals surface area contributed by atoms with Gasteiger partial charge in [-0.25, -0.2) is 0 Å². The van der Waals surface area contributed by atoms with Crippen molar-refractivity contribution >= 4 is 33.6 Å². The van der Waals surface area contributed by atoms with Crippen molar-refractivity contribution in [1.29, 1.82) is 0 Å². The summed E-state index contributed by atoms with van der Waals surface area (Å²) in [5.41, 5.74) is -4.00. The third kappa shape index (κ3) is 4.48. The standard InChI is InChI=1S/C8H7BrF3NO2S/c9-6-5(1-3-15-6)7(14)13-2-4-16-8(10,11)12/h1,3H,2,4H2,(H,13,14). The second kappa shape index (κ2) is 5.62. The van der Waals surface area contributed by atoms with Gasteiger partial charge in [0, 0.05) is 12.3 Å². The lowest BCUT2D eigenvalue weighted by Gasteiger charge is -2.06. The normalized spacial score (nSPS) is 11.5. The summed E-state index contributed by atoms with van der Waals surface area (Å²) in [5, 5.41) is 2.35. The van der Waals surface area contributed by atoms with Gasteiger partial charge in [-0.05, 0) is 33.8 Å². The molecule has 8 heteroatoms. The number of thioether (sulfide) groups is 1. The van der Waals surface area contributed by atoms with Crippen LogP contribution in [0.2, 0.25) is 0 Å². The van der Waals surface area contributed by atoms with Crippen molar-refractivity contribution in [3.8, 4) is 0 Å². The van der Waals surface area contributed by atoms with Crippen LogP contribution in [-0.4, -0.2) is 23.7 Å². The Morgan fingerprint density at radius 3 is 2.75 bits per heavy atom. The first-order valence-electron chi connectivity index (χ1n) is 4.12. The van der Waals surface area contributed by atoms with E-state index in [4.69, 9.17) is 4.42 Å². The van der Waals surface area contributed by atoms with Crippen LogP contribution in [0.25, 0.3) is 0 Å². The van der Waals surface area contributed by atoms with Gasteiger partial charge in [0.2, 0.25) is 0 Å². The van der Waals surface area contributed by atoms with Gasteiger partial charge in [-0.15, -0.1) is 0 Å². The Hall–Kier alpha value is -0.630. The number of carbonyl (C=O) groups is 1. The number of halogens is 4. The third-order valence-electron chi connectivity index (χ3n) is 1.52. The third-order valence-corrected chi connectivity index (χ3v) is 2.87. The molecule has 1 N–H and O–H groups in total. The van der Waals surface area contributed by atoms with Gasteiger partial charge in [-0.3, -0.25) is 4.79 Å². The number of amides is 1. The molecule has 0 saturated carbocycles. The van der Waals surface area contributed by atoms with E-state index in [1.54, 1.807) is 0 Å². The number of nitrogens with one attached hydrogen (secondary N) is 1. The molecule has 1 heterocycles. The minimum absolute atomic E-state index is 0.0549. The van der Waals surface area contributed by atoms with Gasteiger partial charge in [0.1, 0.15) is 0 Å². The quantitative estimate of drug-likeness (QED) is 0.868. The van der Waals surface area contributed by atoms with E-state index in [9.17, 15) is 18.0 Å². The Balaban J connectivity index is 2.29. The van der Waals surface area contributed by atoms with Crippen LogP contribution in [0.15, 0.2) is 21.4 Å². The first-order chi connectivity index (χ1) is 7.40. The maximum Gasteiger partial charge on any atom is 0.441 e. The van der Waals surface area contributed by atoms with Crippen LogP contribution < -0.4 is 5.32 Å². The molecular weight excluding hydrogens is 311 g/mol. The molecule has 0 aliphatic heterocycles.